The van der Waals surface area contributed by atoms with Gasteiger partial charge < -0.3 is 10.1 Å². The van der Waals surface area contributed by atoms with Crippen molar-refractivity contribution in [1.29, 1.82) is 0 Å². The first kappa shape index (κ1) is 20.1. The summed E-state index contributed by atoms with van der Waals surface area (Å²) in [5, 5.41) is 5.08. The summed E-state index contributed by atoms with van der Waals surface area (Å²) in [4.78, 5) is 21.2. The van der Waals surface area contributed by atoms with Crippen LogP contribution in [0.4, 0.5) is 13.2 Å². The maximum Gasteiger partial charge on any atom is 0.422 e. The van der Waals surface area contributed by atoms with E-state index in [2.05, 4.69) is 20.0 Å². The van der Waals surface area contributed by atoms with Crippen molar-refractivity contribution in [2.75, 3.05) is 6.61 Å². The summed E-state index contributed by atoms with van der Waals surface area (Å²) in [6, 6.07) is 12.6. The summed E-state index contributed by atoms with van der Waals surface area (Å²) in [6.07, 6.45) is -0.613. The van der Waals surface area contributed by atoms with Gasteiger partial charge in [0.2, 0.25) is 5.91 Å². The average molecular weight is 415 g/mol. The van der Waals surface area contributed by atoms with E-state index in [0.717, 1.165) is 22.9 Å². The van der Waals surface area contributed by atoms with Crippen molar-refractivity contribution < 1.29 is 22.7 Å². The summed E-state index contributed by atoms with van der Waals surface area (Å²) in [6.45, 7) is 0.411. The van der Waals surface area contributed by atoms with Gasteiger partial charge in [0.15, 0.2) is 6.61 Å². The van der Waals surface area contributed by atoms with Crippen LogP contribution >= 0.6 is 0 Å². The fourth-order valence-electron chi connectivity index (χ4n) is 3.41. The molecule has 0 radical (unpaired) electrons. The highest BCUT2D eigenvalue weighted by Crippen LogP contribution is 2.47. The summed E-state index contributed by atoms with van der Waals surface area (Å²) >= 11 is 0. The van der Waals surface area contributed by atoms with Crippen molar-refractivity contribution in [2.45, 2.75) is 31.5 Å². The van der Waals surface area contributed by atoms with Gasteiger partial charge in [-0.2, -0.15) is 13.2 Å². The second-order valence-electron chi connectivity index (χ2n) is 7.46. The van der Waals surface area contributed by atoms with Crippen LogP contribution in [-0.2, 0) is 4.79 Å². The molecule has 0 spiro atoms. The molecule has 1 aliphatic rings. The number of alkyl halides is 3. The van der Waals surface area contributed by atoms with Crippen LogP contribution in [0.25, 0.3) is 10.8 Å². The van der Waals surface area contributed by atoms with E-state index < -0.39 is 12.8 Å². The number of carbonyl (C=O) groups excluding carboxylic acids is 1. The minimum Gasteiger partial charge on any atom is -0.483 e. The molecule has 1 fully saturated rings. The fourth-order valence-corrected chi connectivity index (χ4v) is 3.41. The molecule has 30 heavy (non-hydrogen) atoms. The Morgan fingerprint density at radius 1 is 1.17 bits per heavy atom. The minimum absolute atomic E-state index is 0.0271. The zero-order chi connectivity index (χ0) is 21.3. The molecule has 2 aromatic heterocycles. The molecule has 1 saturated carbocycles. The van der Waals surface area contributed by atoms with Crippen LogP contribution in [0.3, 0.4) is 0 Å². The Hall–Kier alpha value is -3.16. The number of rotatable bonds is 6. The van der Waals surface area contributed by atoms with E-state index in [1.54, 1.807) is 13.0 Å². The van der Waals surface area contributed by atoms with Crippen molar-refractivity contribution in [3.05, 3.63) is 66.2 Å². The third kappa shape index (κ3) is 4.69. The summed E-state index contributed by atoms with van der Waals surface area (Å²) in [5.41, 5.74) is 1.45. The van der Waals surface area contributed by atoms with Crippen molar-refractivity contribution in [1.82, 2.24) is 15.3 Å². The van der Waals surface area contributed by atoms with Gasteiger partial charge in [-0.15, -0.1) is 0 Å². The Bertz CT molecular complexity index is 1050. The number of halogens is 3. The fraction of sp³-hybridized carbons (Fsp3) is 0.318. The molecule has 0 bridgehead atoms. The Labute approximate surface area is 171 Å². The molecular weight excluding hydrogens is 395 g/mol. The van der Waals surface area contributed by atoms with Crippen molar-refractivity contribution >= 4 is 16.7 Å². The largest absolute Gasteiger partial charge is 0.483 e. The van der Waals surface area contributed by atoms with E-state index >= 15 is 0 Å². The third-order valence-electron chi connectivity index (χ3n) is 5.12. The first-order valence-electron chi connectivity index (χ1n) is 9.61. The molecule has 5 nitrogen and oxygen atoms in total. The Morgan fingerprint density at radius 3 is 2.63 bits per heavy atom. The number of fused-ring (bicyclic) bond motifs is 1. The minimum atomic E-state index is -4.40. The molecule has 3 atom stereocenters. The molecule has 3 aromatic rings. The van der Waals surface area contributed by atoms with Crippen molar-refractivity contribution in [3.63, 3.8) is 0 Å². The molecule has 1 N–H and O–H groups in total. The molecule has 1 aromatic carbocycles. The molecule has 4 rings (SSSR count). The summed E-state index contributed by atoms with van der Waals surface area (Å²) in [7, 11) is 0. The lowest BCUT2D eigenvalue weighted by Gasteiger charge is -2.14. The third-order valence-corrected chi connectivity index (χ3v) is 5.12. The number of hydrogen-bond acceptors (Lipinski definition) is 4. The highest BCUT2D eigenvalue weighted by Gasteiger charge is 2.45. The highest BCUT2D eigenvalue weighted by molar-refractivity contribution is 5.85. The van der Waals surface area contributed by atoms with Crippen molar-refractivity contribution in [3.8, 4) is 5.75 Å². The number of nitrogens with one attached hydrogen (secondary N) is 1. The molecule has 8 heteroatoms. The monoisotopic (exact) mass is 415 g/mol. The summed E-state index contributed by atoms with van der Waals surface area (Å²) in [5.74, 6) is -0.107. The van der Waals surface area contributed by atoms with Crippen molar-refractivity contribution in [2.24, 2.45) is 5.92 Å². The predicted octanol–water partition coefficient (Wildman–Crippen LogP) is 4.55. The smallest absolute Gasteiger partial charge is 0.422 e. The van der Waals surface area contributed by atoms with Crippen LogP contribution < -0.4 is 10.1 Å². The number of hydrogen-bond donors (Lipinski definition) is 1. The van der Waals surface area contributed by atoms with Gasteiger partial charge in [-0.05, 0) is 36.9 Å². The normalized spacial score (nSPS) is 19.3. The SMILES string of the molecule is C[C@@H](NC(=O)[C@@H]1C[C@H]1c1cc2ccccc2cn1)c1ccc(OCC(F)(F)F)cn1. The highest BCUT2D eigenvalue weighted by atomic mass is 19.4. The van der Waals surface area contributed by atoms with Gasteiger partial charge in [0.25, 0.3) is 0 Å². The predicted molar refractivity (Wildman–Crippen MR) is 105 cm³/mol. The Balaban J connectivity index is 1.33. The topological polar surface area (TPSA) is 64.1 Å². The molecule has 0 aliphatic heterocycles. The van der Waals surface area contributed by atoms with Gasteiger partial charge >= 0.3 is 6.18 Å². The molecule has 2 heterocycles. The Kier molecular flexibility index (Phi) is 5.32. The van der Waals surface area contributed by atoms with E-state index in [1.807, 2.05) is 36.5 Å². The van der Waals surface area contributed by atoms with Crippen LogP contribution in [0.1, 0.15) is 36.7 Å². The summed E-state index contributed by atoms with van der Waals surface area (Å²) < 4.78 is 41.3. The number of amides is 1. The molecule has 156 valence electrons. The van der Waals surface area contributed by atoms with Crippen LogP contribution in [0.15, 0.2) is 54.9 Å². The maximum absolute atomic E-state index is 12.6. The van der Waals surface area contributed by atoms with E-state index in [9.17, 15) is 18.0 Å². The average Bonchev–Trinajstić information content (AvgIpc) is 3.53. The maximum atomic E-state index is 12.6. The molecular formula is C22H20F3N3O2. The molecule has 1 amide bonds. The number of pyridine rings is 2. The lowest BCUT2D eigenvalue weighted by molar-refractivity contribution is -0.153. The molecule has 0 saturated heterocycles. The van der Waals surface area contributed by atoms with E-state index in [-0.39, 0.29) is 29.5 Å². The van der Waals surface area contributed by atoms with Crippen LogP contribution in [0.5, 0.6) is 5.75 Å². The number of aromatic nitrogens is 2. The zero-order valence-corrected chi connectivity index (χ0v) is 16.2. The molecule has 0 unspecified atom stereocenters. The lowest BCUT2D eigenvalue weighted by Crippen LogP contribution is -2.29. The van der Waals surface area contributed by atoms with Crippen LogP contribution in [0, 0.1) is 5.92 Å². The Morgan fingerprint density at radius 2 is 1.93 bits per heavy atom. The number of ether oxygens (including phenoxy) is 1. The van der Waals surface area contributed by atoms with E-state index in [4.69, 9.17) is 0 Å². The second kappa shape index (κ2) is 7.93. The van der Waals surface area contributed by atoms with Gasteiger partial charge in [0.1, 0.15) is 5.75 Å². The lowest BCUT2D eigenvalue weighted by atomic mass is 10.1. The number of benzene rings is 1. The quantitative estimate of drug-likeness (QED) is 0.642. The van der Waals surface area contributed by atoms with Gasteiger partial charge in [0.05, 0.1) is 17.9 Å². The van der Waals surface area contributed by atoms with Gasteiger partial charge in [-0.25, -0.2) is 0 Å². The number of carbonyl (C=O) groups is 1. The first-order chi connectivity index (χ1) is 14.3. The van der Waals surface area contributed by atoms with Crippen LogP contribution in [-0.4, -0.2) is 28.7 Å². The van der Waals surface area contributed by atoms with Gasteiger partial charge in [-0.3, -0.25) is 14.8 Å². The van der Waals surface area contributed by atoms with Crippen LogP contribution in [0.2, 0.25) is 0 Å². The van der Waals surface area contributed by atoms with Gasteiger partial charge in [-0.1, -0.05) is 24.3 Å². The molecule has 1 aliphatic carbocycles. The van der Waals surface area contributed by atoms with E-state index in [1.165, 1.54) is 12.3 Å². The second-order valence-corrected chi connectivity index (χ2v) is 7.46. The van der Waals surface area contributed by atoms with Gasteiger partial charge in [0, 0.05) is 29.1 Å². The van der Waals surface area contributed by atoms with E-state index in [0.29, 0.717) is 5.69 Å². The standard InChI is InChI=1S/C22H20F3N3O2/c1-13(19-7-6-16(11-27-19)30-12-22(23,24)25)28-21(29)18-9-17(18)20-8-14-4-2-3-5-15(14)10-26-20/h2-8,10-11,13,17-18H,9,12H2,1H3,(H,28,29)/t13-,17-,18-/m1/s1. The first-order valence-corrected chi connectivity index (χ1v) is 9.61. The zero-order valence-electron chi connectivity index (χ0n) is 16.2. The number of nitrogens with zero attached hydrogens (tertiary/aromatic N) is 2.